The van der Waals surface area contributed by atoms with Crippen LogP contribution in [0.4, 0.5) is 11.4 Å². The third kappa shape index (κ3) is 8.11. The van der Waals surface area contributed by atoms with Crippen molar-refractivity contribution < 1.29 is 32.5 Å². The molecule has 0 saturated heterocycles. The van der Waals surface area contributed by atoms with Crippen molar-refractivity contribution in [2.24, 2.45) is 0 Å². The van der Waals surface area contributed by atoms with E-state index >= 15 is 0 Å². The monoisotopic (exact) mass is 473 g/mol. The lowest BCUT2D eigenvalue weighted by Crippen LogP contribution is -2.44. The first-order chi connectivity index (χ1) is 14.9. The number of nitrogens with one attached hydrogen (secondary N) is 3. The lowest BCUT2D eigenvalue weighted by molar-refractivity contribution is -0.384. The van der Waals surface area contributed by atoms with E-state index < -0.39 is 50.6 Å². The number of rotatable bonds is 12. The van der Waals surface area contributed by atoms with Gasteiger partial charge < -0.3 is 20.3 Å². The van der Waals surface area contributed by atoms with Crippen molar-refractivity contribution in [1.29, 1.82) is 0 Å². The minimum Gasteiger partial charge on any atom is -0.455 e. The Bertz CT molecular complexity index is 964. The van der Waals surface area contributed by atoms with Crippen LogP contribution >= 0.6 is 0 Å². The first-order valence-electron chi connectivity index (χ1n) is 9.59. The van der Waals surface area contributed by atoms with Crippen LogP contribution in [0.5, 0.6) is 0 Å². The van der Waals surface area contributed by atoms with Gasteiger partial charge in [0.05, 0.1) is 16.4 Å². The second kappa shape index (κ2) is 12.0. The largest absolute Gasteiger partial charge is 0.455 e. The van der Waals surface area contributed by atoms with Crippen LogP contribution in [0.15, 0.2) is 23.1 Å². The highest BCUT2D eigenvalue weighted by atomic mass is 32.2. The fourth-order valence-electron chi connectivity index (χ4n) is 2.48. The third-order valence-electron chi connectivity index (χ3n) is 4.03. The number of sulfonamides is 1. The molecule has 0 fully saturated rings. The van der Waals surface area contributed by atoms with Gasteiger partial charge in [-0.2, -0.15) is 4.72 Å². The van der Waals surface area contributed by atoms with E-state index in [-0.39, 0.29) is 30.7 Å². The Hall–Kier alpha value is -3.26. The molecule has 0 aliphatic heterocycles. The SMILES string of the molecule is CCN(CC(=O)NC(C)C)C(=O)COC(=O)CNS(=O)(=O)c1ccc(NC)c([N+](=O)[O-])c1. The summed E-state index contributed by atoms with van der Waals surface area (Å²) in [6.07, 6.45) is 0. The van der Waals surface area contributed by atoms with E-state index in [0.29, 0.717) is 0 Å². The van der Waals surface area contributed by atoms with Crippen LogP contribution in [-0.4, -0.2) is 75.4 Å². The van der Waals surface area contributed by atoms with Crippen LogP contribution in [0.3, 0.4) is 0 Å². The first-order valence-corrected chi connectivity index (χ1v) is 11.1. The number of carbonyl (C=O) groups is 3. The first kappa shape index (κ1) is 26.8. The molecule has 178 valence electrons. The zero-order chi connectivity index (χ0) is 24.5. The van der Waals surface area contributed by atoms with Gasteiger partial charge in [-0.05, 0) is 32.9 Å². The van der Waals surface area contributed by atoms with Crippen molar-refractivity contribution in [1.82, 2.24) is 14.9 Å². The zero-order valence-corrected chi connectivity index (χ0v) is 19.0. The summed E-state index contributed by atoms with van der Waals surface area (Å²) in [6.45, 7) is 3.71. The van der Waals surface area contributed by atoms with Crippen molar-refractivity contribution >= 4 is 39.2 Å². The Kier molecular flexibility index (Phi) is 10.00. The van der Waals surface area contributed by atoms with Crippen LogP contribution in [0, 0.1) is 10.1 Å². The van der Waals surface area contributed by atoms with Gasteiger partial charge in [0.25, 0.3) is 11.6 Å². The summed E-state index contributed by atoms with van der Waals surface area (Å²) in [4.78, 5) is 46.9. The Morgan fingerprint density at radius 2 is 1.91 bits per heavy atom. The Balaban J connectivity index is 2.66. The van der Waals surface area contributed by atoms with E-state index in [1.807, 2.05) is 4.72 Å². The summed E-state index contributed by atoms with van der Waals surface area (Å²) >= 11 is 0. The average molecular weight is 474 g/mol. The molecule has 0 aromatic heterocycles. The number of carbonyl (C=O) groups excluding carboxylic acids is 3. The van der Waals surface area contributed by atoms with Crippen molar-refractivity contribution in [3.8, 4) is 0 Å². The molecule has 0 heterocycles. The molecule has 0 saturated carbocycles. The number of nitrogens with zero attached hydrogens (tertiary/aromatic N) is 2. The third-order valence-corrected chi connectivity index (χ3v) is 5.43. The summed E-state index contributed by atoms with van der Waals surface area (Å²) < 4.78 is 31.4. The van der Waals surface area contributed by atoms with Gasteiger partial charge in [0.2, 0.25) is 15.9 Å². The maximum atomic E-state index is 12.3. The Labute approximate surface area is 185 Å². The van der Waals surface area contributed by atoms with Crippen LogP contribution < -0.4 is 15.4 Å². The topological polar surface area (TPSA) is 177 Å². The highest BCUT2D eigenvalue weighted by molar-refractivity contribution is 7.89. The molecule has 0 unspecified atom stereocenters. The number of likely N-dealkylation sites (N-methyl/N-ethyl adjacent to an activating group) is 1. The summed E-state index contributed by atoms with van der Waals surface area (Å²) in [5.41, 5.74) is -0.334. The minimum absolute atomic E-state index is 0.0990. The van der Waals surface area contributed by atoms with Crippen molar-refractivity contribution in [2.75, 3.05) is 38.6 Å². The van der Waals surface area contributed by atoms with E-state index in [0.717, 1.165) is 12.1 Å². The quantitative estimate of drug-likeness (QED) is 0.211. The Morgan fingerprint density at radius 3 is 2.44 bits per heavy atom. The summed E-state index contributed by atoms with van der Waals surface area (Å²) in [5.74, 6) is -2.03. The van der Waals surface area contributed by atoms with E-state index in [4.69, 9.17) is 4.74 Å². The molecule has 1 rings (SSSR count). The molecule has 0 atom stereocenters. The molecule has 1 aromatic carbocycles. The van der Waals surface area contributed by atoms with Gasteiger partial charge in [-0.1, -0.05) is 0 Å². The smallest absolute Gasteiger partial charge is 0.321 e. The van der Waals surface area contributed by atoms with Gasteiger partial charge in [0, 0.05) is 25.7 Å². The second-order valence-electron chi connectivity index (χ2n) is 6.80. The van der Waals surface area contributed by atoms with Crippen LogP contribution in [0.2, 0.25) is 0 Å². The molecule has 3 N–H and O–H groups in total. The van der Waals surface area contributed by atoms with Crippen LogP contribution in [0.1, 0.15) is 20.8 Å². The van der Waals surface area contributed by atoms with E-state index in [2.05, 4.69) is 10.6 Å². The zero-order valence-electron chi connectivity index (χ0n) is 18.2. The number of ether oxygens (including phenoxy) is 1. The maximum absolute atomic E-state index is 12.3. The van der Waals surface area contributed by atoms with Gasteiger partial charge in [-0.15, -0.1) is 0 Å². The Morgan fingerprint density at radius 1 is 1.25 bits per heavy atom. The number of esters is 1. The van der Waals surface area contributed by atoms with Crippen LogP contribution in [-0.2, 0) is 29.1 Å². The highest BCUT2D eigenvalue weighted by Crippen LogP contribution is 2.26. The highest BCUT2D eigenvalue weighted by Gasteiger charge is 2.23. The van der Waals surface area contributed by atoms with E-state index in [1.165, 1.54) is 18.0 Å². The predicted molar refractivity (Wildman–Crippen MR) is 114 cm³/mol. The second-order valence-corrected chi connectivity index (χ2v) is 8.57. The predicted octanol–water partition coefficient (Wildman–Crippen LogP) is -0.169. The molecule has 0 bridgehead atoms. The van der Waals surface area contributed by atoms with E-state index in [1.54, 1.807) is 20.8 Å². The van der Waals surface area contributed by atoms with Gasteiger partial charge in [-0.3, -0.25) is 24.5 Å². The number of nitro groups is 1. The molecule has 0 aliphatic rings. The molecule has 0 radical (unpaired) electrons. The van der Waals surface area contributed by atoms with Crippen molar-refractivity contribution in [2.45, 2.75) is 31.7 Å². The fourth-order valence-corrected chi connectivity index (χ4v) is 3.47. The maximum Gasteiger partial charge on any atom is 0.321 e. The van der Waals surface area contributed by atoms with E-state index in [9.17, 15) is 32.9 Å². The number of nitro benzene ring substituents is 1. The lowest BCUT2D eigenvalue weighted by Gasteiger charge is -2.21. The molecule has 13 nitrogen and oxygen atoms in total. The summed E-state index contributed by atoms with van der Waals surface area (Å²) in [5, 5.41) is 16.3. The fraction of sp³-hybridized carbons (Fsp3) is 0.500. The minimum atomic E-state index is -4.25. The molecule has 14 heteroatoms. The van der Waals surface area contributed by atoms with Crippen molar-refractivity contribution in [3.63, 3.8) is 0 Å². The average Bonchev–Trinajstić information content (AvgIpc) is 2.73. The van der Waals surface area contributed by atoms with Gasteiger partial charge in [-0.25, -0.2) is 8.42 Å². The van der Waals surface area contributed by atoms with Gasteiger partial charge >= 0.3 is 5.97 Å². The number of amides is 2. The summed E-state index contributed by atoms with van der Waals surface area (Å²) in [7, 11) is -2.81. The summed E-state index contributed by atoms with van der Waals surface area (Å²) in [6, 6.07) is 3.11. The lowest BCUT2D eigenvalue weighted by atomic mass is 10.3. The van der Waals surface area contributed by atoms with Crippen molar-refractivity contribution in [3.05, 3.63) is 28.3 Å². The molecule has 32 heavy (non-hydrogen) atoms. The van der Waals surface area contributed by atoms with Gasteiger partial charge in [0.15, 0.2) is 6.61 Å². The number of anilines is 1. The molecular weight excluding hydrogens is 446 g/mol. The molecule has 0 spiro atoms. The molecule has 2 amide bonds. The number of hydrogen-bond donors (Lipinski definition) is 3. The molecule has 1 aromatic rings. The normalized spacial score (nSPS) is 11.0. The number of benzene rings is 1. The molecular formula is C18H27N5O8S. The van der Waals surface area contributed by atoms with Crippen LogP contribution in [0.25, 0.3) is 0 Å². The standard InChI is InChI=1S/C18H27N5O8S/c1-5-22(10-16(24)21-12(2)3)17(25)11-31-18(26)9-20-32(29,30)13-6-7-14(19-4)15(8-13)23(27)28/h6-8,12,19-20H,5,9-11H2,1-4H3,(H,21,24). The number of hydrogen-bond acceptors (Lipinski definition) is 9. The molecule has 0 aliphatic carbocycles. The van der Waals surface area contributed by atoms with Gasteiger partial charge in [0.1, 0.15) is 12.2 Å².